The Bertz CT molecular complexity index is 557. The van der Waals surface area contributed by atoms with Gasteiger partial charge in [0.2, 0.25) is 0 Å². The van der Waals surface area contributed by atoms with Crippen LogP contribution in [0.25, 0.3) is 0 Å². The standard InChI is InChI=1S/C15H18NO3P/c1-12-3-7-14(8-4-12)18-20(17,11-16)19-15-9-5-13(2)6-10-15/h3-10H,11,16H2,1-2H3. The lowest BCUT2D eigenvalue weighted by atomic mass is 10.2. The zero-order valence-corrected chi connectivity index (χ0v) is 12.5. The average Bonchev–Trinajstić information content (AvgIpc) is 2.44. The van der Waals surface area contributed by atoms with Crippen molar-refractivity contribution in [1.82, 2.24) is 0 Å². The first kappa shape index (κ1) is 14.6. The lowest BCUT2D eigenvalue weighted by Crippen LogP contribution is -2.11. The number of nitrogens with two attached hydrogens (primary N) is 1. The van der Waals surface area contributed by atoms with E-state index in [-0.39, 0.29) is 6.29 Å². The molecule has 0 atom stereocenters. The number of benzene rings is 2. The largest absolute Gasteiger partial charge is 0.444 e. The molecule has 0 fully saturated rings. The van der Waals surface area contributed by atoms with Crippen molar-refractivity contribution in [2.45, 2.75) is 13.8 Å². The molecule has 106 valence electrons. The summed E-state index contributed by atoms with van der Waals surface area (Å²) < 4.78 is 23.4. The second-order valence-corrected chi connectivity index (χ2v) is 6.55. The molecule has 0 heterocycles. The highest BCUT2D eigenvalue weighted by atomic mass is 31.2. The summed E-state index contributed by atoms with van der Waals surface area (Å²) >= 11 is 0. The highest BCUT2D eigenvalue weighted by molar-refractivity contribution is 7.54. The van der Waals surface area contributed by atoms with Crippen LogP contribution in [0.1, 0.15) is 11.1 Å². The van der Waals surface area contributed by atoms with Crippen LogP contribution >= 0.6 is 7.60 Å². The normalized spacial score (nSPS) is 11.2. The summed E-state index contributed by atoms with van der Waals surface area (Å²) in [6.45, 7) is 3.93. The maximum absolute atomic E-state index is 12.5. The Hall–Kier alpha value is -1.77. The minimum atomic E-state index is -3.40. The molecule has 0 aliphatic carbocycles. The Morgan fingerprint density at radius 3 is 1.50 bits per heavy atom. The van der Waals surface area contributed by atoms with Gasteiger partial charge in [-0.1, -0.05) is 35.4 Å². The van der Waals surface area contributed by atoms with Crippen LogP contribution in [0.4, 0.5) is 0 Å². The van der Waals surface area contributed by atoms with E-state index in [1.54, 1.807) is 24.3 Å². The Balaban J connectivity index is 2.14. The second kappa shape index (κ2) is 6.12. The van der Waals surface area contributed by atoms with Crippen molar-refractivity contribution in [3.8, 4) is 11.5 Å². The average molecular weight is 291 g/mol. The van der Waals surface area contributed by atoms with Crippen LogP contribution in [-0.2, 0) is 4.57 Å². The van der Waals surface area contributed by atoms with Crippen LogP contribution in [0.15, 0.2) is 48.5 Å². The minimum Gasteiger partial charge on any atom is -0.415 e. The predicted molar refractivity (Wildman–Crippen MR) is 80.3 cm³/mol. The summed E-state index contributed by atoms with van der Waals surface area (Å²) in [5, 5.41) is 0. The van der Waals surface area contributed by atoms with Crippen molar-refractivity contribution in [3.05, 3.63) is 59.7 Å². The van der Waals surface area contributed by atoms with Crippen LogP contribution in [-0.4, -0.2) is 6.29 Å². The van der Waals surface area contributed by atoms with Gasteiger partial charge in [0.1, 0.15) is 17.8 Å². The first-order valence-electron chi connectivity index (χ1n) is 6.32. The van der Waals surface area contributed by atoms with Gasteiger partial charge in [0.15, 0.2) is 0 Å². The molecule has 0 aliphatic rings. The van der Waals surface area contributed by atoms with Gasteiger partial charge in [0.25, 0.3) is 0 Å². The highest BCUT2D eigenvalue weighted by Gasteiger charge is 2.26. The summed E-state index contributed by atoms with van der Waals surface area (Å²) in [7, 11) is -3.40. The Morgan fingerprint density at radius 2 is 1.20 bits per heavy atom. The fourth-order valence-electron chi connectivity index (χ4n) is 1.61. The van der Waals surface area contributed by atoms with E-state index in [9.17, 15) is 4.57 Å². The van der Waals surface area contributed by atoms with Crippen LogP contribution in [0.5, 0.6) is 11.5 Å². The van der Waals surface area contributed by atoms with E-state index < -0.39 is 7.60 Å². The van der Waals surface area contributed by atoms with Gasteiger partial charge < -0.3 is 14.8 Å². The Morgan fingerprint density at radius 1 is 0.850 bits per heavy atom. The molecule has 2 aromatic carbocycles. The van der Waals surface area contributed by atoms with E-state index in [2.05, 4.69) is 0 Å². The number of hydrogen-bond donors (Lipinski definition) is 1. The van der Waals surface area contributed by atoms with Crippen molar-refractivity contribution in [2.24, 2.45) is 5.73 Å². The summed E-state index contributed by atoms with van der Waals surface area (Å²) in [4.78, 5) is 0. The first-order chi connectivity index (χ1) is 9.50. The third-order valence-corrected chi connectivity index (χ3v) is 4.18. The van der Waals surface area contributed by atoms with Crippen molar-refractivity contribution >= 4 is 7.60 Å². The lowest BCUT2D eigenvalue weighted by molar-refractivity contribution is 0.386. The van der Waals surface area contributed by atoms with Crippen molar-refractivity contribution in [1.29, 1.82) is 0 Å². The molecule has 20 heavy (non-hydrogen) atoms. The second-order valence-electron chi connectivity index (χ2n) is 4.60. The van der Waals surface area contributed by atoms with Crippen LogP contribution in [0.3, 0.4) is 0 Å². The monoisotopic (exact) mass is 291 g/mol. The quantitative estimate of drug-likeness (QED) is 0.849. The topological polar surface area (TPSA) is 61.5 Å². The van der Waals surface area contributed by atoms with Crippen LogP contribution in [0, 0.1) is 13.8 Å². The van der Waals surface area contributed by atoms with E-state index in [1.807, 2.05) is 38.1 Å². The van der Waals surface area contributed by atoms with Gasteiger partial charge in [-0.15, -0.1) is 0 Å². The maximum Gasteiger partial charge on any atom is 0.444 e. The van der Waals surface area contributed by atoms with Gasteiger partial charge in [-0.2, -0.15) is 0 Å². The molecule has 2 rings (SSSR count). The molecule has 4 nitrogen and oxygen atoms in total. The van der Waals surface area contributed by atoms with Crippen molar-refractivity contribution in [2.75, 3.05) is 6.29 Å². The van der Waals surface area contributed by atoms with Gasteiger partial charge in [0, 0.05) is 0 Å². The number of aryl methyl sites for hydroxylation is 2. The molecule has 0 amide bonds. The Labute approximate surface area is 119 Å². The van der Waals surface area contributed by atoms with E-state index in [1.165, 1.54) is 0 Å². The Kier molecular flexibility index (Phi) is 4.48. The van der Waals surface area contributed by atoms with Crippen molar-refractivity contribution in [3.63, 3.8) is 0 Å². The van der Waals surface area contributed by atoms with Gasteiger partial charge in [-0.3, -0.25) is 0 Å². The molecule has 0 aliphatic heterocycles. The summed E-state index contributed by atoms with van der Waals surface area (Å²) in [6, 6.07) is 14.5. The molecule has 0 aromatic heterocycles. The fraction of sp³-hybridized carbons (Fsp3) is 0.200. The molecule has 0 saturated carbocycles. The molecule has 0 saturated heterocycles. The maximum atomic E-state index is 12.5. The smallest absolute Gasteiger partial charge is 0.415 e. The van der Waals surface area contributed by atoms with Gasteiger partial charge in [-0.05, 0) is 38.1 Å². The molecular formula is C15H18NO3P. The van der Waals surface area contributed by atoms with E-state index in [0.29, 0.717) is 11.5 Å². The third kappa shape index (κ3) is 3.86. The van der Waals surface area contributed by atoms with Crippen LogP contribution in [0.2, 0.25) is 0 Å². The number of rotatable bonds is 5. The van der Waals surface area contributed by atoms with Crippen LogP contribution < -0.4 is 14.8 Å². The number of hydrogen-bond acceptors (Lipinski definition) is 4. The lowest BCUT2D eigenvalue weighted by Gasteiger charge is -2.18. The van der Waals surface area contributed by atoms with Crippen molar-refractivity contribution < 1.29 is 13.6 Å². The molecule has 0 unspecified atom stereocenters. The van der Waals surface area contributed by atoms with E-state index in [0.717, 1.165) is 11.1 Å². The molecule has 0 radical (unpaired) electrons. The first-order valence-corrected chi connectivity index (χ1v) is 8.05. The van der Waals surface area contributed by atoms with Gasteiger partial charge >= 0.3 is 7.60 Å². The summed E-state index contributed by atoms with van der Waals surface area (Å²) in [6.07, 6.45) is -0.186. The molecule has 2 aromatic rings. The molecular weight excluding hydrogens is 273 g/mol. The van der Waals surface area contributed by atoms with E-state index >= 15 is 0 Å². The third-order valence-electron chi connectivity index (χ3n) is 2.75. The fourth-order valence-corrected chi connectivity index (χ4v) is 2.68. The highest BCUT2D eigenvalue weighted by Crippen LogP contribution is 2.46. The molecule has 2 N–H and O–H groups in total. The minimum absolute atomic E-state index is 0.186. The summed E-state index contributed by atoms with van der Waals surface area (Å²) in [5.41, 5.74) is 7.74. The van der Waals surface area contributed by atoms with E-state index in [4.69, 9.17) is 14.8 Å². The zero-order chi connectivity index (χ0) is 14.6. The predicted octanol–water partition coefficient (Wildman–Crippen LogP) is 3.87. The molecule has 0 bridgehead atoms. The molecule has 0 spiro atoms. The van der Waals surface area contributed by atoms with Gasteiger partial charge in [-0.25, -0.2) is 4.57 Å². The zero-order valence-electron chi connectivity index (χ0n) is 11.6. The SMILES string of the molecule is Cc1ccc(OP(=O)(CN)Oc2ccc(C)cc2)cc1. The van der Waals surface area contributed by atoms with Gasteiger partial charge in [0.05, 0.1) is 0 Å². The molecule has 5 heteroatoms. The summed E-state index contributed by atoms with van der Waals surface area (Å²) in [5.74, 6) is 0.966.